The van der Waals surface area contributed by atoms with Crippen molar-refractivity contribution in [2.75, 3.05) is 18.1 Å². The van der Waals surface area contributed by atoms with Gasteiger partial charge in [0.15, 0.2) is 11.2 Å². The van der Waals surface area contributed by atoms with E-state index >= 15 is 0 Å². The minimum Gasteiger partial charge on any atom is -0.494 e. The summed E-state index contributed by atoms with van der Waals surface area (Å²) in [4.78, 5) is 32.6. The zero-order chi connectivity index (χ0) is 20.7. The molecule has 0 spiro atoms. The fourth-order valence-corrected chi connectivity index (χ4v) is 3.81. The second-order valence-corrected chi connectivity index (χ2v) is 7.36. The highest BCUT2D eigenvalue weighted by Crippen LogP contribution is 2.31. The lowest BCUT2D eigenvalue weighted by Gasteiger charge is -2.29. The zero-order valence-corrected chi connectivity index (χ0v) is 17.0. The number of aromatic nitrogens is 4. The Bertz CT molecular complexity index is 1200. The first kappa shape index (κ1) is 19.0. The molecule has 1 aliphatic rings. The molecule has 0 saturated carbocycles. The van der Waals surface area contributed by atoms with Gasteiger partial charge in [-0.25, -0.2) is 4.79 Å². The average molecular weight is 395 g/mol. The standard InChI is InChI=1S/C21H25N5O3/c1-5-29-16-9-7-15(8-10-16)24-11-6-12-25-17-18(22-20(24)25)23(4)21(28)26(19(17)27)13-14(2)3/h7-10H,2,5-6,11-13H2,1,3-4H3. The third-order valence-electron chi connectivity index (χ3n) is 5.10. The molecule has 8 heteroatoms. The number of hydrogen-bond acceptors (Lipinski definition) is 5. The van der Waals surface area contributed by atoms with E-state index in [0.717, 1.165) is 30.0 Å². The minimum absolute atomic E-state index is 0.199. The van der Waals surface area contributed by atoms with Crippen LogP contribution >= 0.6 is 0 Å². The molecule has 0 amide bonds. The first-order chi connectivity index (χ1) is 13.9. The Labute approximate surface area is 168 Å². The van der Waals surface area contributed by atoms with E-state index in [-0.39, 0.29) is 17.8 Å². The van der Waals surface area contributed by atoms with Crippen molar-refractivity contribution in [3.05, 3.63) is 57.3 Å². The molecule has 3 aromatic rings. The van der Waals surface area contributed by atoms with Crippen molar-refractivity contribution in [3.8, 4) is 5.75 Å². The summed E-state index contributed by atoms with van der Waals surface area (Å²) in [5.74, 6) is 1.49. The number of nitrogens with zero attached hydrogens (tertiary/aromatic N) is 5. The molecule has 0 aliphatic carbocycles. The summed E-state index contributed by atoms with van der Waals surface area (Å²) < 4.78 is 10.1. The predicted molar refractivity (Wildman–Crippen MR) is 113 cm³/mol. The summed E-state index contributed by atoms with van der Waals surface area (Å²) in [5, 5.41) is 0. The monoisotopic (exact) mass is 395 g/mol. The Balaban J connectivity index is 1.88. The van der Waals surface area contributed by atoms with E-state index in [2.05, 4.69) is 11.5 Å². The Morgan fingerprint density at radius 3 is 2.59 bits per heavy atom. The third-order valence-corrected chi connectivity index (χ3v) is 5.10. The number of ether oxygens (including phenoxy) is 1. The molecule has 1 aliphatic heterocycles. The molecule has 0 fully saturated rings. The largest absolute Gasteiger partial charge is 0.494 e. The molecular formula is C21H25N5O3. The topological polar surface area (TPSA) is 74.3 Å². The molecule has 0 bridgehead atoms. The number of rotatable bonds is 5. The van der Waals surface area contributed by atoms with Crippen LogP contribution in [0.5, 0.6) is 5.75 Å². The van der Waals surface area contributed by atoms with E-state index in [9.17, 15) is 9.59 Å². The number of benzene rings is 1. The maximum Gasteiger partial charge on any atom is 0.332 e. The van der Waals surface area contributed by atoms with E-state index in [0.29, 0.717) is 30.3 Å². The van der Waals surface area contributed by atoms with Crippen molar-refractivity contribution in [2.24, 2.45) is 7.05 Å². The quantitative estimate of drug-likeness (QED) is 0.620. The van der Waals surface area contributed by atoms with E-state index in [1.165, 1.54) is 9.13 Å². The molecule has 8 nitrogen and oxygen atoms in total. The SMILES string of the molecule is C=C(C)Cn1c(=O)c2c(nc3n2CCCN3c2ccc(OCC)cc2)n(C)c1=O. The lowest BCUT2D eigenvalue weighted by Crippen LogP contribution is -2.40. The van der Waals surface area contributed by atoms with Gasteiger partial charge in [-0.2, -0.15) is 4.98 Å². The van der Waals surface area contributed by atoms with Gasteiger partial charge < -0.3 is 14.2 Å². The second kappa shape index (κ2) is 7.27. The molecule has 152 valence electrons. The number of anilines is 2. The molecule has 1 aromatic carbocycles. The second-order valence-electron chi connectivity index (χ2n) is 7.36. The van der Waals surface area contributed by atoms with Crippen molar-refractivity contribution < 1.29 is 4.74 Å². The molecule has 0 N–H and O–H groups in total. The molecule has 3 heterocycles. The van der Waals surface area contributed by atoms with Crippen LogP contribution in [0, 0.1) is 0 Å². The van der Waals surface area contributed by atoms with Gasteiger partial charge in [-0.05, 0) is 44.5 Å². The molecule has 0 radical (unpaired) electrons. The van der Waals surface area contributed by atoms with Crippen LogP contribution in [-0.2, 0) is 20.1 Å². The van der Waals surface area contributed by atoms with Gasteiger partial charge in [0, 0.05) is 25.8 Å². The molecular weight excluding hydrogens is 370 g/mol. The first-order valence-electron chi connectivity index (χ1n) is 9.77. The Morgan fingerprint density at radius 2 is 1.93 bits per heavy atom. The highest BCUT2D eigenvalue weighted by atomic mass is 16.5. The number of imidazole rings is 1. The summed E-state index contributed by atoms with van der Waals surface area (Å²) in [6, 6.07) is 7.82. The normalized spacial score (nSPS) is 13.6. The molecule has 29 heavy (non-hydrogen) atoms. The number of fused-ring (bicyclic) bond motifs is 3. The van der Waals surface area contributed by atoms with Crippen LogP contribution in [0.15, 0.2) is 46.0 Å². The number of aryl methyl sites for hydroxylation is 2. The lowest BCUT2D eigenvalue weighted by atomic mass is 10.2. The van der Waals surface area contributed by atoms with Gasteiger partial charge in [0.25, 0.3) is 5.56 Å². The van der Waals surface area contributed by atoms with Crippen molar-refractivity contribution in [1.82, 2.24) is 18.7 Å². The van der Waals surface area contributed by atoms with Crippen molar-refractivity contribution in [3.63, 3.8) is 0 Å². The van der Waals surface area contributed by atoms with E-state index in [4.69, 9.17) is 9.72 Å². The number of hydrogen-bond donors (Lipinski definition) is 0. The van der Waals surface area contributed by atoms with Crippen LogP contribution in [0.25, 0.3) is 11.2 Å². The Morgan fingerprint density at radius 1 is 1.21 bits per heavy atom. The summed E-state index contributed by atoms with van der Waals surface area (Å²) in [6.45, 7) is 9.87. The van der Waals surface area contributed by atoms with Crippen LogP contribution in [0.1, 0.15) is 20.3 Å². The third kappa shape index (κ3) is 3.14. The smallest absolute Gasteiger partial charge is 0.332 e. The van der Waals surface area contributed by atoms with Gasteiger partial charge in [0.2, 0.25) is 5.95 Å². The van der Waals surface area contributed by atoms with E-state index < -0.39 is 0 Å². The van der Waals surface area contributed by atoms with Crippen LogP contribution in [-0.4, -0.2) is 31.8 Å². The highest BCUT2D eigenvalue weighted by molar-refractivity contribution is 5.77. The fraction of sp³-hybridized carbons (Fsp3) is 0.381. The molecule has 0 atom stereocenters. The van der Waals surface area contributed by atoms with Crippen molar-refractivity contribution >= 4 is 22.8 Å². The molecule has 4 rings (SSSR count). The number of allylic oxidation sites excluding steroid dienone is 1. The Hall–Kier alpha value is -3.29. The summed E-state index contributed by atoms with van der Waals surface area (Å²) in [6.07, 6.45) is 0.869. The Kier molecular flexibility index (Phi) is 4.77. The zero-order valence-electron chi connectivity index (χ0n) is 17.0. The lowest BCUT2D eigenvalue weighted by molar-refractivity contribution is 0.340. The van der Waals surface area contributed by atoms with E-state index in [1.807, 2.05) is 35.8 Å². The van der Waals surface area contributed by atoms with Gasteiger partial charge in [-0.1, -0.05) is 12.2 Å². The average Bonchev–Trinajstić information content (AvgIpc) is 3.10. The molecule has 2 aromatic heterocycles. The molecule has 0 unspecified atom stereocenters. The maximum atomic E-state index is 13.1. The van der Waals surface area contributed by atoms with Crippen molar-refractivity contribution in [1.29, 1.82) is 0 Å². The summed E-state index contributed by atoms with van der Waals surface area (Å²) in [7, 11) is 1.65. The highest BCUT2D eigenvalue weighted by Gasteiger charge is 2.26. The summed E-state index contributed by atoms with van der Waals surface area (Å²) in [5.41, 5.74) is 1.88. The van der Waals surface area contributed by atoms with Crippen molar-refractivity contribution in [2.45, 2.75) is 33.4 Å². The van der Waals surface area contributed by atoms with Gasteiger partial charge in [0.05, 0.1) is 13.2 Å². The van der Waals surface area contributed by atoms with Gasteiger partial charge in [0.1, 0.15) is 5.75 Å². The van der Waals surface area contributed by atoms with E-state index in [1.54, 1.807) is 14.0 Å². The fourth-order valence-electron chi connectivity index (χ4n) is 3.81. The predicted octanol–water partition coefficient (Wildman–Crippen LogP) is 2.41. The van der Waals surface area contributed by atoms with Gasteiger partial charge >= 0.3 is 5.69 Å². The van der Waals surface area contributed by atoms with Crippen LogP contribution in [0.2, 0.25) is 0 Å². The van der Waals surface area contributed by atoms with Gasteiger partial charge in [-0.15, -0.1) is 0 Å². The van der Waals surface area contributed by atoms with Crippen LogP contribution < -0.4 is 20.9 Å². The van der Waals surface area contributed by atoms with Crippen LogP contribution in [0.4, 0.5) is 11.6 Å². The molecule has 0 saturated heterocycles. The maximum absolute atomic E-state index is 13.1. The van der Waals surface area contributed by atoms with Crippen LogP contribution in [0.3, 0.4) is 0 Å². The van der Waals surface area contributed by atoms with Gasteiger partial charge in [-0.3, -0.25) is 13.9 Å². The summed E-state index contributed by atoms with van der Waals surface area (Å²) >= 11 is 0. The minimum atomic E-state index is -0.381. The first-order valence-corrected chi connectivity index (χ1v) is 9.77.